The summed E-state index contributed by atoms with van der Waals surface area (Å²) in [6, 6.07) is 5.52. The van der Waals surface area contributed by atoms with Crippen molar-refractivity contribution in [1.82, 2.24) is 30.4 Å². The highest BCUT2D eigenvalue weighted by molar-refractivity contribution is 6.00. The summed E-state index contributed by atoms with van der Waals surface area (Å²) in [6.45, 7) is 6.82. The molecule has 0 aromatic carbocycles. The number of hydrogen-bond acceptors (Lipinski definition) is 4. The van der Waals surface area contributed by atoms with E-state index in [9.17, 15) is 9.59 Å². The van der Waals surface area contributed by atoms with Crippen molar-refractivity contribution in [3.8, 4) is 0 Å². The maximum absolute atomic E-state index is 12.8. The average molecular weight is 394 g/mol. The molecule has 2 unspecified atom stereocenters. The van der Waals surface area contributed by atoms with Crippen molar-refractivity contribution in [2.24, 2.45) is 11.3 Å². The molecule has 3 N–H and O–H groups in total. The second-order valence-electron chi connectivity index (χ2n) is 8.20. The third kappa shape index (κ3) is 3.39. The fourth-order valence-electron chi connectivity index (χ4n) is 4.07. The second-order valence-corrected chi connectivity index (χ2v) is 8.20. The van der Waals surface area contributed by atoms with Gasteiger partial charge >= 0.3 is 0 Å². The molecule has 3 aromatic rings. The number of H-pyrrole nitrogens is 1. The highest BCUT2D eigenvalue weighted by Gasteiger charge is 2.48. The van der Waals surface area contributed by atoms with Gasteiger partial charge in [0.25, 0.3) is 11.8 Å². The average Bonchev–Trinajstić information content (AvgIpc) is 3.38. The van der Waals surface area contributed by atoms with Crippen LogP contribution in [-0.2, 0) is 6.42 Å². The molecule has 1 fully saturated rings. The van der Waals surface area contributed by atoms with Gasteiger partial charge in [-0.15, -0.1) is 0 Å². The first kappa shape index (κ1) is 19.2. The topological polar surface area (TPSA) is 104 Å². The van der Waals surface area contributed by atoms with Crippen molar-refractivity contribution in [3.63, 3.8) is 0 Å². The largest absolute Gasteiger partial charge is 0.350 e. The van der Waals surface area contributed by atoms with Crippen molar-refractivity contribution in [1.29, 1.82) is 0 Å². The smallest absolute Gasteiger partial charge is 0.269 e. The molecule has 0 aliphatic heterocycles. The molecule has 3 heterocycles. The van der Waals surface area contributed by atoms with Crippen molar-refractivity contribution >= 4 is 17.3 Å². The molecule has 8 nitrogen and oxygen atoms in total. The highest BCUT2D eigenvalue weighted by Crippen LogP contribution is 2.46. The van der Waals surface area contributed by atoms with E-state index < -0.39 is 0 Å². The number of nitrogens with zero attached hydrogens (tertiary/aromatic N) is 3. The van der Waals surface area contributed by atoms with Crippen LogP contribution in [0.3, 0.4) is 0 Å². The van der Waals surface area contributed by atoms with Gasteiger partial charge in [-0.3, -0.25) is 14.7 Å². The minimum Gasteiger partial charge on any atom is -0.350 e. The van der Waals surface area contributed by atoms with Crippen LogP contribution in [0.5, 0.6) is 0 Å². The van der Waals surface area contributed by atoms with Gasteiger partial charge < -0.3 is 10.6 Å². The van der Waals surface area contributed by atoms with Crippen molar-refractivity contribution in [3.05, 3.63) is 53.6 Å². The van der Waals surface area contributed by atoms with E-state index in [1.807, 2.05) is 31.3 Å². The van der Waals surface area contributed by atoms with E-state index in [2.05, 4.69) is 39.8 Å². The van der Waals surface area contributed by atoms with E-state index in [1.54, 1.807) is 16.9 Å². The number of hydrogen-bond donors (Lipinski definition) is 3. The van der Waals surface area contributed by atoms with Crippen molar-refractivity contribution in [2.45, 2.75) is 39.7 Å². The molecule has 0 saturated heterocycles. The third-order valence-electron chi connectivity index (χ3n) is 6.29. The lowest BCUT2D eigenvalue weighted by atomic mass is 9.58. The summed E-state index contributed by atoms with van der Waals surface area (Å²) < 4.78 is 1.69. The summed E-state index contributed by atoms with van der Waals surface area (Å²) >= 11 is 0. The molecule has 1 saturated carbocycles. The molecule has 2 atom stereocenters. The molecule has 4 rings (SSSR count). The van der Waals surface area contributed by atoms with Crippen LogP contribution < -0.4 is 10.6 Å². The first-order valence-corrected chi connectivity index (χ1v) is 9.95. The highest BCUT2D eigenvalue weighted by atomic mass is 16.2. The number of rotatable bonds is 6. The summed E-state index contributed by atoms with van der Waals surface area (Å²) in [4.78, 5) is 25.2. The van der Waals surface area contributed by atoms with Gasteiger partial charge in [-0.05, 0) is 42.4 Å². The van der Waals surface area contributed by atoms with Crippen LogP contribution >= 0.6 is 0 Å². The molecule has 8 heteroatoms. The number of aromatic amines is 1. The van der Waals surface area contributed by atoms with Crippen LogP contribution in [-0.4, -0.2) is 44.2 Å². The molecular formula is C21H26N6O2. The summed E-state index contributed by atoms with van der Waals surface area (Å²) in [5.74, 6) is 0.0623. The Kier molecular flexibility index (Phi) is 4.86. The molecule has 0 bridgehead atoms. The van der Waals surface area contributed by atoms with Crippen LogP contribution in [0.4, 0.5) is 0 Å². The van der Waals surface area contributed by atoms with Gasteiger partial charge in [0.15, 0.2) is 0 Å². The van der Waals surface area contributed by atoms with Gasteiger partial charge in [0, 0.05) is 24.3 Å². The minimum atomic E-state index is -0.130. The van der Waals surface area contributed by atoms with Gasteiger partial charge in [-0.2, -0.15) is 10.2 Å². The molecule has 152 valence electrons. The van der Waals surface area contributed by atoms with Crippen molar-refractivity contribution < 1.29 is 9.59 Å². The SMILES string of the molecule is CCc1cn[nH]c1C(=O)NCC1CC(NC(=O)c2cccn3nccc23)C1(C)C. The first-order valence-electron chi connectivity index (χ1n) is 9.95. The van der Waals surface area contributed by atoms with Crippen LogP contribution in [0, 0.1) is 11.3 Å². The molecule has 2 amide bonds. The molecule has 1 aliphatic rings. The quantitative estimate of drug-likeness (QED) is 0.596. The lowest BCUT2D eigenvalue weighted by Crippen LogP contribution is -2.60. The van der Waals surface area contributed by atoms with E-state index in [0.29, 0.717) is 17.8 Å². The lowest BCUT2D eigenvalue weighted by Gasteiger charge is -2.52. The Hall–Kier alpha value is -3.16. The normalized spacial score (nSPS) is 20.2. The van der Waals surface area contributed by atoms with Gasteiger partial charge in [0.05, 0.1) is 23.5 Å². The Morgan fingerprint density at radius 3 is 2.90 bits per heavy atom. The zero-order valence-corrected chi connectivity index (χ0v) is 16.9. The standard InChI is InChI=1S/C21H26N6O2/c1-4-13-11-23-26-18(13)20(29)22-12-14-10-17(21(14,2)3)25-19(28)15-6-5-9-27-16(15)7-8-24-27/h5-9,11,14,17H,4,10,12H2,1-3H3,(H,22,29)(H,23,26)(H,25,28). The predicted octanol–water partition coefficient (Wildman–Crippen LogP) is 2.19. The number of nitrogens with one attached hydrogen (secondary N) is 3. The molecule has 0 radical (unpaired) electrons. The number of aromatic nitrogens is 4. The van der Waals surface area contributed by atoms with Gasteiger partial charge in [0.2, 0.25) is 0 Å². The van der Waals surface area contributed by atoms with Gasteiger partial charge in [-0.1, -0.05) is 20.8 Å². The Morgan fingerprint density at radius 1 is 1.31 bits per heavy atom. The molecule has 0 spiro atoms. The van der Waals surface area contributed by atoms with Crippen LogP contribution in [0.2, 0.25) is 0 Å². The maximum atomic E-state index is 12.8. The zero-order chi connectivity index (χ0) is 20.6. The monoisotopic (exact) mass is 394 g/mol. The number of carbonyl (C=O) groups excluding carboxylic acids is 2. The summed E-state index contributed by atoms with van der Waals surface area (Å²) in [5, 5.41) is 17.1. The zero-order valence-electron chi connectivity index (χ0n) is 16.9. The molecule has 29 heavy (non-hydrogen) atoms. The van der Waals surface area contributed by atoms with E-state index in [4.69, 9.17) is 0 Å². The molecular weight excluding hydrogens is 368 g/mol. The maximum Gasteiger partial charge on any atom is 0.269 e. The van der Waals surface area contributed by atoms with E-state index in [1.165, 1.54) is 0 Å². The number of fused-ring (bicyclic) bond motifs is 1. The summed E-state index contributed by atoms with van der Waals surface area (Å²) in [5.41, 5.74) is 2.73. The lowest BCUT2D eigenvalue weighted by molar-refractivity contribution is 0.0150. The number of pyridine rings is 1. The molecule has 3 aromatic heterocycles. The Balaban J connectivity index is 1.36. The van der Waals surface area contributed by atoms with Crippen molar-refractivity contribution in [2.75, 3.05) is 6.54 Å². The Morgan fingerprint density at radius 2 is 2.14 bits per heavy atom. The second kappa shape index (κ2) is 7.35. The van der Waals surface area contributed by atoms with E-state index >= 15 is 0 Å². The van der Waals surface area contributed by atoms with Gasteiger partial charge in [0.1, 0.15) is 5.69 Å². The van der Waals surface area contributed by atoms with E-state index in [-0.39, 0.29) is 29.2 Å². The van der Waals surface area contributed by atoms with Crippen LogP contribution in [0.15, 0.2) is 36.8 Å². The van der Waals surface area contributed by atoms with Crippen LogP contribution in [0.25, 0.3) is 5.52 Å². The Bertz CT molecular complexity index is 1050. The first-order chi connectivity index (χ1) is 13.9. The summed E-state index contributed by atoms with van der Waals surface area (Å²) in [7, 11) is 0. The fraction of sp³-hybridized carbons (Fsp3) is 0.429. The number of carbonyl (C=O) groups is 2. The number of amides is 2. The summed E-state index contributed by atoms with van der Waals surface area (Å²) in [6.07, 6.45) is 6.77. The minimum absolute atomic E-state index is 0.0541. The van der Waals surface area contributed by atoms with Crippen LogP contribution in [0.1, 0.15) is 53.6 Å². The fourth-order valence-corrected chi connectivity index (χ4v) is 4.07. The molecule has 1 aliphatic carbocycles. The van der Waals surface area contributed by atoms with E-state index in [0.717, 1.165) is 23.9 Å². The Labute approximate surface area is 169 Å². The number of aryl methyl sites for hydroxylation is 1. The third-order valence-corrected chi connectivity index (χ3v) is 6.29. The predicted molar refractivity (Wildman–Crippen MR) is 109 cm³/mol. The van der Waals surface area contributed by atoms with Gasteiger partial charge in [-0.25, -0.2) is 4.52 Å².